The lowest BCUT2D eigenvalue weighted by Gasteiger charge is -2.10. The highest BCUT2D eigenvalue weighted by molar-refractivity contribution is 9.10. The molecule has 232 valence electrons. The molecule has 45 heavy (non-hydrogen) atoms. The molecule has 0 saturated heterocycles. The molecule has 0 aliphatic heterocycles. The van der Waals surface area contributed by atoms with Gasteiger partial charge in [-0.25, -0.2) is 14.5 Å². The number of carboxylic acids is 1. The van der Waals surface area contributed by atoms with Crippen LogP contribution in [0.25, 0.3) is 10.6 Å². The van der Waals surface area contributed by atoms with E-state index in [1.54, 1.807) is 65.3 Å². The largest absolute Gasteiger partial charge is 0.478 e. The zero-order chi connectivity index (χ0) is 32.1. The molecule has 5 aromatic rings. The van der Waals surface area contributed by atoms with Gasteiger partial charge in [0.2, 0.25) is 4.80 Å². The average molecular weight is 757 g/mol. The molecular formula is C29H19BrCl2F2N3O6PS. The molecule has 0 atom stereocenters. The van der Waals surface area contributed by atoms with E-state index in [9.17, 15) is 23.5 Å². The summed E-state index contributed by atoms with van der Waals surface area (Å²) in [6.45, 7) is 0.227. The van der Waals surface area contributed by atoms with Gasteiger partial charge in [0.25, 0.3) is 0 Å². The van der Waals surface area contributed by atoms with Crippen LogP contribution in [0.3, 0.4) is 0 Å². The molecule has 0 saturated carbocycles. The van der Waals surface area contributed by atoms with Gasteiger partial charge in [0.05, 0.1) is 34.0 Å². The Labute approximate surface area is 276 Å². The average Bonchev–Trinajstić information content (AvgIpc) is 3.42. The summed E-state index contributed by atoms with van der Waals surface area (Å²) in [6, 6.07) is 23.1. The summed E-state index contributed by atoms with van der Waals surface area (Å²) in [5.74, 6) is -0.242. The van der Waals surface area contributed by atoms with Gasteiger partial charge in [-0.05, 0) is 74.8 Å². The second-order valence-corrected chi connectivity index (χ2v) is 13.8. The maximum Gasteiger partial charge on any atom is 0.399 e. The van der Waals surface area contributed by atoms with Gasteiger partial charge < -0.3 is 9.84 Å². The number of carbonyl (C=O) groups is 1. The number of halogens is 5. The SMILES string of the molecule is O=C(O)c1cccc(Oc2cccc(-c3nn(Cc4ccc(CP(=O)(OF)OF)c(Br)c4)c(=Nc4ccc(Cl)c(Cl)c4)s3)c2)c1. The van der Waals surface area contributed by atoms with Gasteiger partial charge in [-0.2, -0.15) is 5.10 Å². The second-order valence-electron chi connectivity index (χ2n) is 9.35. The number of nitrogens with zero attached hydrogens (tertiary/aromatic N) is 3. The monoisotopic (exact) mass is 755 g/mol. The fourth-order valence-corrected chi connectivity index (χ4v) is 6.86. The van der Waals surface area contributed by atoms with Crippen LogP contribution in [0.15, 0.2) is 94.4 Å². The highest BCUT2D eigenvalue weighted by atomic mass is 79.9. The Hall–Kier alpha value is -3.42. The number of aromatic nitrogens is 2. The van der Waals surface area contributed by atoms with E-state index in [1.807, 2.05) is 6.07 Å². The molecule has 0 fully saturated rings. The summed E-state index contributed by atoms with van der Waals surface area (Å²) in [5.41, 5.74) is 2.37. The van der Waals surface area contributed by atoms with Crippen molar-refractivity contribution in [3.8, 4) is 22.1 Å². The Morgan fingerprint density at radius 2 is 1.71 bits per heavy atom. The minimum Gasteiger partial charge on any atom is -0.478 e. The first-order valence-corrected chi connectivity index (χ1v) is 16.8. The van der Waals surface area contributed by atoms with Crippen molar-refractivity contribution in [3.05, 3.63) is 121 Å². The van der Waals surface area contributed by atoms with E-state index in [1.165, 1.54) is 29.5 Å². The fraction of sp³-hybridized carbons (Fsp3) is 0.0690. The molecule has 5 rings (SSSR count). The lowest BCUT2D eigenvalue weighted by molar-refractivity contribution is -0.0881. The van der Waals surface area contributed by atoms with Gasteiger partial charge in [-0.1, -0.05) is 80.8 Å². The summed E-state index contributed by atoms with van der Waals surface area (Å²) in [4.78, 5) is 16.6. The minimum atomic E-state index is -4.58. The number of rotatable bonds is 11. The highest BCUT2D eigenvalue weighted by Gasteiger charge is 2.29. The number of hydrogen-bond acceptors (Lipinski definition) is 8. The van der Waals surface area contributed by atoms with Gasteiger partial charge in [0.15, 0.2) is 0 Å². The van der Waals surface area contributed by atoms with Crippen molar-refractivity contribution in [1.82, 2.24) is 9.78 Å². The van der Waals surface area contributed by atoms with Gasteiger partial charge in [0.1, 0.15) is 16.5 Å². The van der Waals surface area contributed by atoms with Crippen LogP contribution in [0.1, 0.15) is 21.5 Å². The predicted molar refractivity (Wildman–Crippen MR) is 170 cm³/mol. The molecular weight excluding hydrogens is 738 g/mol. The van der Waals surface area contributed by atoms with Crippen molar-refractivity contribution >= 4 is 69.7 Å². The summed E-state index contributed by atoms with van der Waals surface area (Å²) in [6.07, 6.45) is -0.633. The third kappa shape index (κ3) is 8.25. The number of ether oxygens (including phenoxy) is 1. The van der Waals surface area contributed by atoms with Crippen LogP contribution >= 0.6 is 58.1 Å². The molecule has 1 N–H and O–H groups in total. The molecule has 1 heterocycles. The van der Waals surface area contributed by atoms with Gasteiger partial charge in [-0.3, -0.25) is 4.57 Å². The first kappa shape index (κ1) is 33.0. The zero-order valence-electron chi connectivity index (χ0n) is 22.6. The maximum atomic E-state index is 12.6. The molecule has 1 aromatic heterocycles. The van der Waals surface area contributed by atoms with Crippen LogP contribution in [-0.2, 0) is 26.7 Å². The second kappa shape index (κ2) is 14.3. The first-order chi connectivity index (χ1) is 21.6. The van der Waals surface area contributed by atoms with Crippen LogP contribution < -0.4 is 9.54 Å². The Kier molecular flexibility index (Phi) is 10.5. The van der Waals surface area contributed by atoms with E-state index in [0.29, 0.717) is 52.6 Å². The van der Waals surface area contributed by atoms with Crippen LogP contribution in [0, 0.1) is 0 Å². The summed E-state index contributed by atoms with van der Waals surface area (Å²) in [7, 11) is -4.58. The topological polar surface area (TPSA) is 112 Å². The van der Waals surface area contributed by atoms with Crippen molar-refractivity contribution in [2.24, 2.45) is 4.99 Å². The molecule has 16 heteroatoms. The molecule has 0 aliphatic carbocycles. The Morgan fingerprint density at radius 3 is 2.40 bits per heavy atom. The lowest BCUT2D eigenvalue weighted by atomic mass is 10.1. The van der Waals surface area contributed by atoms with Crippen LogP contribution in [-0.4, -0.2) is 20.9 Å². The number of hydrogen-bond donors (Lipinski definition) is 1. The van der Waals surface area contributed by atoms with Crippen LogP contribution in [0.5, 0.6) is 11.5 Å². The Morgan fingerprint density at radius 1 is 0.978 bits per heavy atom. The normalized spacial score (nSPS) is 12.0. The summed E-state index contributed by atoms with van der Waals surface area (Å²) in [5, 5.41) is 15.4. The van der Waals surface area contributed by atoms with E-state index in [4.69, 9.17) is 38.0 Å². The van der Waals surface area contributed by atoms with E-state index in [-0.39, 0.29) is 12.1 Å². The third-order valence-electron chi connectivity index (χ3n) is 6.17. The smallest absolute Gasteiger partial charge is 0.399 e. The fourth-order valence-electron chi connectivity index (χ4n) is 4.06. The Balaban J connectivity index is 1.50. The van der Waals surface area contributed by atoms with E-state index in [2.05, 4.69) is 25.4 Å². The quantitative estimate of drug-likeness (QED) is 0.134. The van der Waals surface area contributed by atoms with Crippen LogP contribution in [0.4, 0.5) is 14.7 Å². The number of aromatic carboxylic acids is 1. The zero-order valence-corrected chi connectivity index (χ0v) is 27.4. The third-order valence-corrected chi connectivity index (χ3v) is 9.79. The van der Waals surface area contributed by atoms with Crippen molar-refractivity contribution in [2.45, 2.75) is 12.7 Å². The van der Waals surface area contributed by atoms with E-state index >= 15 is 0 Å². The minimum absolute atomic E-state index is 0.0957. The molecule has 0 bridgehead atoms. The number of benzene rings is 4. The predicted octanol–water partition coefficient (Wildman–Crippen LogP) is 9.95. The van der Waals surface area contributed by atoms with Crippen molar-refractivity contribution in [1.29, 1.82) is 0 Å². The molecule has 0 spiro atoms. The van der Waals surface area contributed by atoms with Gasteiger partial charge >= 0.3 is 13.6 Å². The first-order valence-electron chi connectivity index (χ1n) is 12.7. The van der Waals surface area contributed by atoms with Crippen molar-refractivity contribution < 1.29 is 37.7 Å². The number of carboxylic acid groups (broad SMARTS) is 1. The Bertz CT molecular complexity index is 2000. The molecule has 0 unspecified atom stereocenters. The summed E-state index contributed by atoms with van der Waals surface area (Å²) >= 11 is 16.9. The van der Waals surface area contributed by atoms with Gasteiger partial charge in [0, 0.05) is 10.0 Å². The standard InChI is InChI=1S/C29H19BrCl2F2N3O6PS/c30-24-11-17(7-8-20(24)16-44(40,42-33)43-34)15-37-29(35-21-9-10-25(31)26(32)14-21)45-27(36-37)18-3-1-5-22(12-18)41-23-6-2-4-19(13-23)28(38)39/h1-14H,15-16H2,(H,38,39). The summed E-state index contributed by atoms with van der Waals surface area (Å²) < 4.78 is 51.6. The van der Waals surface area contributed by atoms with Crippen molar-refractivity contribution in [3.63, 3.8) is 0 Å². The van der Waals surface area contributed by atoms with Gasteiger partial charge in [-0.15, -0.1) is 9.46 Å². The van der Waals surface area contributed by atoms with Crippen LogP contribution in [0.2, 0.25) is 10.0 Å². The molecule has 0 amide bonds. The lowest BCUT2D eigenvalue weighted by Crippen LogP contribution is -2.17. The highest BCUT2D eigenvalue weighted by Crippen LogP contribution is 2.53. The van der Waals surface area contributed by atoms with E-state index in [0.717, 1.165) is 5.56 Å². The maximum absolute atomic E-state index is 12.6. The van der Waals surface area contributed by atoms with Crippen molar-refractivity contribution in [2.75, 3.05) is 0 Å². The molecule has 9 nitrogen and oxygen atoms in total. The molecule has 4 aromatic carbocycles. The molecule has 0 radical (unpaired) electrons. The molecule has 0 aliphatic rings. The van der Waals surface area contributed by atoms with E-state index < -0.39 is 19.7 Å².